The zero-order valence-corrected chi connectivity index (χ0v) is 20.5. The van der Waals surface area contributed by atoms with E-state index in [-0.39, 0.29) is 5.91 Å². The van der Waals surface area contributed by atoms with E-state index in [1.807, 2.05) is 43.0 Å². The second kappa shape index (κ2) is 11.6. The molecule has 0 spiro atoms. The lowest BCUT2D eigenvalue weighted by atomic mass is 10.0. The van der Waals surface area contributed by atoms with E-state index in [4.69, 9.17) is 17.3 Å². The first-order chi connectivity index (χ1) is 15.5. The third-order valence-electron chi connectivity index (χ3n) is 6.30. The van der Waals surface area contributed by atoms with Gasteiger partial charge in [-0.05, 0) is 79.9 Å². The van der Waals surface area contributed by atoms with Crippen LogP contribution in [0.3, 0.4) is 0 Å². The number of carbonyl (C=O) groups excluding carboxylic acids is 1. The van der Waals surface area contributed by atoms with Crippen molar-refractivity contribution in [1.82, 2.24) is 9.80 Å². The largest absolute Gasteiger partial charge is 0.399 e. The fourth-order valence-corrected chi connectivity index (χ4v) is 4.88. The van der Waals surface area contributed by atoms with Gasteiger partial charge in [0.05, 0.1) is 6.42 Å². The van der Waals surface area contributed by atoms with Gasteiger partial charge in [-0.15, -0.1) is 0 Å². The molecule has 0 unspecified atom stereocenters. The van der Waals surface area contributed by atoms with Crippen LogP contribution < -0.4 is 10.6 Å². The van der Waals surface area contributed by atoms with Crippen LogP contribution in [0.5, 0.6) is 0 Å². The number of benzene rings is 2. The van der Waals surface area contributed by atoms with Gasteiger partial charge in [-0.25, -0.2) is 0 Å². The number of anilines is 2. The molecule has 2 aliphatic rings. The number of carbonyl (C=O) groups is 1. The fraction of sp³-hybridized carbons (Fsp3) is 0.500. The summed E-state index contributed by atoms with van der Waals surface area (Å²) in [5, 5.41) is 0.720. The summed E-state index contributed by atoms with van der Waals surface area (Å²) in [6, 6.07) is 12.2. The van der Waals surface area contributed by atoms with Crippen LogP contribution in [-0.4, -0.2) is 55.0 Å². The van der Waals surface area contributed by atoms with Gasteiger partial charge in [0.25, 0.3) is 0 Å². The van der Waals surface area contributed by atoms with Crippen molar-refractivity contribution in [3.8, 4) is 0 Å². The monoisotopic (exact) mass is 456 g/mol. The standard InChI is InChI=1S/C24H31ClN4O.C2H6/c1-18-14-19(17-27-8-2-3-9-27)15-23(25)22(18)16-24(30)29-12-10-28(11-13-29)21-6-4-20(26)5-7-21;1-2/h4-7,14-15H,2-3,8-13,16-17,26H2,1H3;1-2H3. The lowest BCUT2D eigenvalue weighted by Gasteiger charge is -2.36. The van der Waals surface area contributed by atoms with Crippen LogP contribution in [0.2, 0.25) is 5.02 Å². The van der Waals surface area contributed by atoms with Crippen LogP contribution in [0.4, 0.5) is 11.4 Å². The molecular weight excluding hydrogens is 420 g/mol. The average molecular weight is 457 g/mol. The van der Waals surface area contributed by atoms with Crippen molar-refractivity contribution in [2.75, 3.05) is 49.9 Å². The minimum atomic E-state index is 0.157. The Kier molecular flexibility index (Phi) is 8.83. The van der Waals surface area contributed by atoms with E-state index in [1.165, 1.54) is 31.5 Å². The summed E-state index contributed by atoms with van der Waals surface area (Å²) in [5.41, 5.74) is 11.0. The maximum Gasteiger partial charge on any atom is 0.227 e. The van der Waals surface area contributed by atoms with Crippen LogP contribution in [0.25, 0.3) is 0 Å². The molecule has 0 saturated carbocycles. The van der Waals surface area contributed by atoms with Gasteiger partial charge in [-0.1, -0.05) is 31.5 Å². The Morgan fingerprint density at radius 3 is 2.19 bits per heavy atom. The molecular formula is C26H37ClN4O. The molecule has 5 nitrogen and oxygen atoms in total. The molecule has 0 aromatic heterocycles. The van der Waals surface area contributed by atoms with Crippen molar-refractivity contribution in [1.29, 1.82) is 0 Å². The van der Waals surface area contributed by atoms with Crippen molar-refractivity contribution in [3.05, 3.63) is 58.1 Å². The maximum atomic E-state index is 12.9. The SMILES string of the molecule is CC.Cc1cc(CN2CCCC2)cc(Cl)c1CC(=O)N1CCN(c2ccc(N)cc2)CC1. The summed E-state index contributed by atoms with van der Waals surface area (Å²) in [7, 11) is 0. The van der Waals surface area contributed by atoms with Gasteiger partial charge < -0.3 is 15.5 Å². The van der Waals surface area contributed by atoms with Gasteiger partial charge in [0.15, 0.2) is 0 Å². The number of nitrogen functional groups attached to an aromatic ring is 1. The lowest BCUT2D eigenvalue weighted by Crippen LogP contribution is -2.49. The molecule has 2 fully saturated rings. The molecule has 2 aromatic carbocycles. The van der Waals surface area contributed by atoms with E-state index in [0.29, 0.717) is 6.42 Å². The van der Waals surface area contributed by atoms with Gasteiger partial charge in [0, 0.05) is 49.1 Å². The Hall–Kier alpha value is -2.24. The number of hydrogen-bond donors (Lipinski definition) is 1. The third kappa shape index (κ3) is 6.17. The van der Waals surface area contributed by atoms with Gasteiger partial charge >= 0.3 is 0 Å². The number of rotatable bonds is 5. The molecule has 1 amide bonds. The molecule has 2 aliphatic heterocycles. The van der Waals surface area contributed by atoms with Crippen molar-refractivity contribution in [3.63, 3.8) is 0 Å². The Bertz CT molecular complexity index is 862. The van der Waals surface area contributed by atoms with Crippen LogP contribution in [0.1, 0.15) is 43.4 Å². The summed E-state index contributed by atoms with van der Waals surface area (Å²) in [6.45, 7) is 12.5. The number of piperazine rings is 1. The predicted molar refractivity (Wildman–Crippen MR) is 135 cm³/mol. The van der Waals surface area contributed by atoms with Gasteiger partial charge in [0.2, 0.25) is 5.91 Å². The number of halogens is 1. The zero-order valence-electron chi connectivity index (χ0n) is 19.7. The van der Waals surface area contributed by atoms with Crippen molar-refractivity contribution in [2.24, 2.45) is 0 Å². The molecule has 4 rings (SSSR count). The van der Waals surface area contributed by atoms with Crippen LogP contribution in [0, 0.1) is 6.92 Å². The number of nitrogens with zero attached hydrogens (tertiary/aromatic N) is 3. The lowest BCUT2D eigenvalue weighted by molar-refractivity contribution is -0.130. The van der Waals surface area contributed by atoms with Gasteiger partial charge in [-0.3, -0.25) is 9.69 Å². The Morgan fingerprint density at radius 2 is 1.59 bits per heavy atom. The van der Waals surface area contributed by atoms with E-state index in [9.17, 15) is 4.79 Å². The molecule has 2 heterocycles. The number of amides is 1. The van der Waals surface area contributed by atoms with Crippen LogP contribution in [-0.2, 0) is 17.8 Å². The number of likely N-dealkylation sites (tertiary alicyclic amines) is 1. The van der Waals surface area contributed by atoms with Gasteiger partial charge in [-0.2, -0.15) is 0 Å². The number of aryl methyl sites for hydroxylation is 1. The summed E-state index contributed by atoms with van der Waals surface area (Å²) in [4.78, 5) is 19.7. The predicted octanol–water partition coefficient (Wildman–Crippen LogP) is 4.74. The summed E-state index contributed by atoms with van der Waals surface area (Å²) < 4.78 is 0. The first-order valence-corrected chi connectivity index (χ1v) is 12.3. The quantitative estimate of drug-likeness (QED) is 0.660. The van der Waals surface area contributed by atoms with E-state index in [0.717, 1.165) is 60.2 Å². The molecule has 6 heteroatoms. The smallest absolute Gasteiger partial charge is 0.227 e. The van der Waals surface area contributed by atoms with E-state index < -0.39 is 0 Å². The summed E-state index contributed by atoms with van der Waals surface area (Å²) >= 11 is 6.61. The normalized spacial score (nSPS) is 16.6. The molecule has 32 heavy (non-hydrogen) atoms. The molecule has 0 radical (unpaired) electrons. The second-order valence-electron chi connectivity index (χ2n) is 8.49. The summed E-state index contributed by atoms with van der Waals surface area (Å²) in [6.07, 6.45) is 2.94. The first-order valence-electron chi connectivity index (χ1n) is 11.9. The third-order valence-corrected chi connectivity index (χ3v) is 6.64. The highest BCUT2D eigenvalue weighted by atomic mass is 35.5. The molecule has 174 valence electrons. The van der Waals surface area contributed by atoms with E-state index >= 15 is 0 Å². The van der Waals surface area contributed by atoms with E-state index in [1.54, 1.807) is 0 Å². The van der Waals surface area contributed by atoms with Crippen LogP contribution in [0.15, 0.2) is 36.4 Å². The average Bonchev–Trinajstić information content (AvgIpc) is 3.31. The molecule has 0 atom stereocenters. The maximum absolute atomic E-state index is 12.9. The topological polar surface area (TPSA) is 52.8 Å². The molecule has 0 aliphatic carbocycles. The van der Waals surface area contributed by atoms with Gasteiger partial charge in [0.1, 0.15) is 0 Å². The highest BCUT2D eigenvalue weighted by Crippen LogP contribution is 2.26. The van der Waals surface area contributed by atoms with Crippen molar-refractivity contribution in [2.45, 2.75) is 46.6 Å². The zero-order chi connectivity index (χ0) is 23.1. The van der Waals surface area contributed by atoms with Crippen molar-refractivity contribution < 1.29 is 4.79 Å². The highest BCUT2D eigenvalue weighted by Gasteiger charge is 2.23. The van der Waals surface area contributed by atoms with Crippen LogP contribution >= 0.6 is 11.6 Å². The van der Waals surface area contributed by atoms with E-state index in [2.05, 4.69) is 28.9 Å². The highest BCUT2D eigenvalue weighted by molar-refractivity contribution is 6.31. The Labute approximate surface area is 198 Å². The number of nitrogens with two attached hydrogens (primary N) is 1. The minimum Gasteiger partial charge on any atom is -0.399 e. The Balaban J connectivity index is 0.00000141. The minimum absolute atomic E-state index is 0.157. The molecule has 2 aromatic rings. The number of hydrogen-bond acceptors (Lipinski definition) is 4. The second-order valence-corrected chi connectivity index (χ2v) is 8.90. The van der Waals surface area contributed by atoms with Crippen molar-refractivity contribution >= 4 is 28.9 Å². The first kappa shape index (κ1) is 24.4. The molecule has 2 saturated heterocycles. The Morgan fingerprint density at radius 1 is 0.969 bits per heavy atom. The summed E-state index contributed by atoms with van der Waals surface area (Å²) in [5.74, 6) is 0.157. The fourth-order valence-electron chi connectivity index (χ4n) is 4.52. The molecule has 2 N–H and O–H groups in total. The molecule has 0 bridgehead atoms.